The predicted octanol–water partition coefficient (Wildman–Crippen LogP) is 3.44. The van der Waals surface area contributed by atoms with Crippen molar-refractivity contribution < 1.29 is 19.1 Å². The average Bonchev–Trinajstić information content (AvgIpc) is 2.50. The molecule has 2 N–H and O–H groups in total. The van der Waals surface area contributed by atoms with Gasteiger partial charge < -0.3 is 15.4 Å². The number of ketones is 1. The third-order valence-corrected chi connectivity index (χ3v) is 2.46. The van der Waals surface area contributed by atoms with E-state index >= 15 is 0 Å². The van der Waals surface area contributed by atoms with Crippen LogP contribution in [-0.4, -0.2) is 36.0 Å². The Morgan fingerprint density at radius 1 is 1.08 bits per heavy atom. The number of unbranched alkanes of at least 4 members (excludes halogenated alkanes) is 1. The van der Waals surface area contributed by atoms with Crippen LogP contribution < -0.4 is 10.6 Å². The van der Waals surface area contributed by atoms with Gasteiger partial charge in [0.05, 0.1) is 6.04 Å². The smallest absolute Gasteiger partial charge is 0.408 e. The first-order chi connectivity index (χ1) is 11.6. The highest BCUT2D eigenvalue weighted by Gasteiger charge is 2.19. The summed E-state index contributed by atoms with van der Waals surface area (Å²) in [7, 11) is 0. The summed E-state index contributed by atoms with van der Waals surface area (Å²) in [4.78, 5) is 34.4. The van der Waals surface area contributed by atoms with Gasteiger partial charge in [-0.05, 0) is 34.1 Å². The summed E-state index contributed by atoms with van der Waals surface area (Å²) in [5.41, 5.74) is -0.608. The molecule has 6 heteroatoms. The van der Waals surface area contributed by atoms with Gasteiger partial charge in [0, 0.05) is 0 Å². The summed E-state index contributed by atoms with van der Waals surface area (Å²) >= 11 is 0. The van der Waals surface area contributed by atoms with E-state index in [1.165, 1.54) is 13.3 Å². The predicted molar refractivity (Wildman–Crippen MR) is 102 cm³/mol. The maximum atomic E-state index is 11.7. The maximum Gasteiger partial charge on any atom is 0.408 e. The van der Waals surface area contributed by atoms with Crippen molar-refractivity contribution in [2.75, 3.05) is 6.54 Å². The molecule has 1 atom stereocenters. The molecule has 0 radical (unpaired) electrons. The lowest BCUT2D eigenvalue weighted by molar-refractivity contribution is -0.126. The molecule has 0 rings (SSSR count). The first-order valence-corrected chi connectivity index (χ1v) is 8.67. The number of Topliss-reactive ketones (excluding diaryl/α,β-unsaturated/α-hetero) is 1. The van der Waals surface area contributed by atoms with Crippen LogP contribution in [0.1, 0.15) is 74.1 Å². The van der Waals surface area contributed by atoms with Gasteiger partial charge in [-0.25, -0.2) is 4.79 Å². The molecule has 0 heterocycles. The molecule has 0 aromatic rings. The fraction of sp³-hybridized carbons (Fsp3) is 0.737. The molecule has 0 bridgehead atoms. The summed E-state index contributed by atoms with van der Waals surface area (Å²) in [5, 5.41) is 4.97. The number of terminal acetylenes is 1. The molecular weight excluding hydrogens is 320 g/mol. The van der Waals surface area contributed by atoms with Crippen molar-refractivity contribution in [3.63, 3.8) is 0 Å². The SMILES string of the molecule is C#C.CCC.CCCC[C@H](NC(=O)CNC(=O)OC(C)(C)C)C(C)=O. The molecule has 0 aliphatic carbocycles. The van der Waals surface area contributed by atoms with Gasteiger partial charge in [0.1, 0.15) is 12.1 Å². The van der Waals surface area contributed by atoms with E-state index in [2.05, 4.69) is 37.3 Å². The van der Waals surface area contributed by atoms with Gasteiger partial charge in [-0.1, -0.05) is 40.0 Å². The van der Waals surface area contributed by atoms with Crippen molar-refractivity contribution in [3.8, 4) is 12.8 Å². The van der Waals surface area contributed by atoms with E-state index in [4.69, 9.17) is 4.74 Å². The monoisotopic (exact) mass is 356 g/mol. The van der Waals surface area contributed by atoms with Crippen LogP contribution in [0.2, 0.25) is 0 Å². The highest BCUT2D eigenvalue weighted by molar-refractivity contribution is 5.89. The standard InChI is InChI=1S/C14H26N2O4.C3H8.C2H2/c1-6-7-8-11(10(2)17)16-12(18)9-15-13(19)20-14(3,4)5;1-3-2;1-2/h11H,6-9H2,1-5H3,(H,15,19)(H,16,18);3H2,1-2H3;1-2H/t11-;;/m0../s1. The molecular formula is C19H36N2O4. The zero-order valence-electron chi connectivity index (χ0n) is 16.9. The van der Waals surface area contributed by atoms with Crippen LogP contribution in [0.25, 0.3) is 0 Å². The Hall–Kier alpha value is -2.03. The summed E-state index contributed by atoms with van der Waals surface area (Å²) in [6, 6.07) is -0.483. The number of hydrogen-bond donors (Lipinski definition) is 2. The van der Waals surface area contributed by atoms with Crippen LogP contribution >= 0.6 is 0 Å². The van der Waals surface area contributed by atoms with Crippen molar-refractivity contribution in [2.45, 2.75) is 85.8 Å². The van der Waals surface area contributed by atoms with Gasteiger partial charge in [0.2, 0.25) is 5.91 Å². The zero-order chi connectivity index (χ0) is 20.5. The van der Waals surface area contributed by atoms with Crippen LogP contribution in [0, 0.1) is 12.8 Å². The second-order valence-electron chi connectivity index (χ2n) is 6.44. The highest BCUT2D eigenvalue weighted by atomic mass is 16.6. The number of carbonyl (C=O) groups is 3. The van der Waals surface area contributed by atoms with Crippen molar-refractivity contribution >= 4 is 17.8 Å². The van der Waals surface area contributed by atoms with E-state index in [-0.39, 0.29) is 12.3 Å². The van der Waals surface area contributed by atoms with Crippen LogP contribution in [0.3, 0.4) is 0 Å². The minimum absolute atomic E-state index is 0.0796. The lowest BCUT2D eigenvalue weighted by Gasteiger charge is -2.20. The third-order valence-electron chi connectivity index (χ3n) is 2.46. The maximum absolute atomic E-state index is 11.7. The molecule has 0 fully saturated rings. The van der Waals surface area contributed by atoms with E-state index in [1.54, 1.807) is 20.8 Å². The summed E-state index contributed by atoms with van der Waals surface area (Å²) in [6.07, 6.45) is 11.0. The molecule has 0 saturated heterocycles. The minimum atomic E-state index is -0.652. The largest absolute Gasteiger partial charge is 0.444 e. The van der Waals surface area contributed by atoms with Gasteiger partial charge >= 0.3 is 6.09 Å². The van der Waals surface area contributed by atoms with Gasteiger partial charge in [-0.15, -0.1) is 12.8 Å². The van der Waals surface area contributed by atoms with Crippen LogP contribution in [0.15, 0.2) is 0 Å². The van der Waals surface area contributed by atoms with Gasteiger partial charge in [-0.3, -0.25) is 9.59 Å². The Kier molecular flexibility index (Phi) is 18.7. The zero-order valence-corrected chi connectivity index (χ0v) is 16.9. The second-order valence-corrected chi connectivity index (χ2v) is 6.44. The van der Waals surface area contributed by atoms with E-state index in [0.717, 1.165) is 12.8 Å². The summed E-state index contributed by atoms with van der Waals surface area (Å²) in [6.45, 7) is 12.7. The number of alkyl carbamates (subject to hydrolysis) is 1. The Morgan fingerprint density at radius 2 is 1.56 bits per heavy atom. The quantitative estimate of drug-likeness (QED) is 0.684. The Morgan fingerprint density at radius 3 is 1.92 bits per heavy atom. The molecule has 0 aromatic heterocycles. The van der Waals surface area contributed by atoms with Crippen molar-refractivity contribution in [3.05, 3.63) is 0 Å². The third kappa shape index (κ3) is 22.0. The highest BCUT2D eigenvalue weighted by Crippen LogP contribution is 2.06. The molecule has 0 unspecified atom stereocenters. The Balaban J connectivity index is -0.000000866. The lowest BCUT2D eigenvalue weighted by atomic mass is 10.1. The van der Waals surface area contributed by atoms with Crippen molar-refractivity contribution in [2.24, 2.45) is 0 Å². The number of ether oxygens (including phenoxy) is 1. The number of carbonyl (C=O) groups excluding carboxylic acids is 3. The fourth-order valence-electron chi connectivity index (χ4n) is 1.50. The van der Waals surface area contributed by atoms with Gasteiger partial charge in [0.25, 0.3) is 0 Å². The Labute approximate surface area is 153 Å². The molecule has 0 spiro atoms. The van der Waals surface area contributed by atoms with Crippen molar-refractivity contribution in [1.29, 1.82) is 0 Å². The van der Waals surface area contributed by atoms with Crippen LogP contribution in [0.4, 0.5) is 4.79 Å². The van der Waals surface area contributed by atoms with Crippen LogP contribution in [0.5, 0.6) is 0 Å². The van der Waals surface area contributed by atoms with E-state index in [1.807, 2.05) is 6.92 Å². The number of rotatable bonds is 7. The normalized spacial score (nSPS) is 10.8. The molecule has 0 aliphatic rings. The fourth-order valence-corrected chi connectivity index (χ4v) is 1.50. The molecule has 25 heavy (non-hydrogen) atoms. The number of amides is 2. The molecule has 6 nitrogen and oxygen atoms in total. The number of hydrogen-bond acceptors (Lipinski definition) is 4. The molecule has 2 amide bonds. The topological polar surface area (TPSA) is 84.5 Å². The van der Waals surface area contributed by atoms with E-state index in [0.29, 0.717) is 6.42 Å². The van der Waals surface area contributed by atoms with Gasteiger partial charge in [-0.2, -0.15) is 0 Å². The average molecular weight is 357 g/mol. The molecule has 0 aliphatic heterocycles. The molecule has 0 saturated carbocycles. The first kappa shape index (κ1) is 27.8. The Bertz CT molecular complexity index is 398. The van der Waals surface area contributed by atoms with Gasteiger partial charge in [0.15, 0.2) is 5.78 Å². The van der Waals surface area contributed by atoms with E-state index in [9.17, 15) is 14.4 Å². The number of nitrogens with one attached hydrogen (secondary N) is 2. The van der Waals surface area contributed by atoms with Crippen LogP contribution in [-0.2, 0) is 14.3 Å². The summed E-state index contributed by atoms with van der Waals surface area (Å²) in [5.74, 6) is -0.476. The minimum Gasteiger partial charge on any atom is -0.444 e. The van der Waals surface area contributed by atoms with E-state index < -0.39 is 23.6 Å². The summed E-state index contributed by atoms with van der Waals surface area (Å²) < 4.78 is 5.01. The van der Waals surface area contributed by atoms with Crippen molar-refractivity contribution in [1.82, 2.24) is 10.6 Å². The first-order valence-electron chi connectivity index (χ1n) is 8.67. The molecule has 0 aromatic carbocycles. The second kappa shape index (κ2) is 16.8. The lowest BCUT2D eigenvalue weighted by Crippen LogP contribution is -2.45. The molecule has 146 valence electrons.